The summed E-state index contributed by atoms with van der Waals surface area (Å²) in [4.78, 5) is 23.0. The highest BCUT2D eigenvalue weighted by atomic mass is 32.1. The van der Waals surface area contributed by atoms with E-state index < -0.39 is 5.97 Å². The summed E-state index contributed by atoms with van der Waals surface area (Å²) in [6.07, 6.45) is 0.0181. The number of methoxy groups -OCH3 is 1. The molecule has 0 heterocycles. The number of nitrogens with one attached hydrogen (secondary N) is 2. The molecule has 0 spiro atoms. The lowest BCUT2D eigenvalue weighted by molar-refractivity contribution is -0.146. The number of carbonyl (C=O) groups excluding carboxylic acids is 2. The third kappa shape index (κ3) is 7.70. The predicted molar refractivity (Wildman–Crippen MR) is 87.6 cm³/mol. The molecular weight excluding hydrogens is 304 g/mol. The van der Waals surface area contributed by atoms with E-state index in [0.717, 1.165) is 11.3 Å². The second kappa shape index (κ2) is 9.86. The van der Waals surface area contributed by atoms with Gasteiger partial charge in [0.05, 0.1) is 13.0 Å². The van der Waals surface area contributed by atoms with Gasteiger partial charge in [0, 0.05) is 19.2 Å². The van der Waals surface area contributed by atoms with Crippen molar-refractivity contribution in [3.63, 3.8) is 0 Å². The maximum Gasteiger partial charge on any atom is 0.306 e. The number of thiocarbonyl (C=S) groups is 1. The molecule has 1 aromatic rings. The fourth-order valence-electron chi connectivity index (χ4n) is 1.51. The van der Waals surface area contributed by atoms with Gasteiger partial charge in [-0.2, -0.15) is 0 Å². The molecule has 0 aliphatic carbocycles. The molecule has 0 saturated carbocycles. The maximum absolute atomic E-state index is 11.7. The molecule has 0 radical (unpaired) electrons. The molecule has 0 aliphatic heterocycles. The second-order valence-corrected chi connectivity index (χ2v) is 4.99. The van der Waals surface area contributed by atoms with Gasteiger partial charge >= 0.3 is 5.97 Å². The lowest BCUT2D eigenvalue weighted by Gasteiger charge is -2.09. The van der Waals surface area contributed by atoms with Gasteiger partial charge in [0.2, 0.25) is 5.91 Å². The Kier molecular flexibility index (Phi) is 8.09. The van der Waals surface area contributed by atoms with Crippen molar-refractivity contribution >= 4 is 34.9 Å². The van der Waals surface area contributed by atoms with E-state index in [9.17, 15) is 9.59 Å². The molecular formula is C15H20N2O4S. The smallest absolute Gasteiger partial charge is 0.306 e. The highest BCUT2D eigenvalue weighted by Gasteiger charge is 2.09. The van der Waals surface area contributed by atoms with Crippen molar-refractivity contribution < 1.29 is 19.1 Å². The molecule has 0 atom stereocenters. The highest BCUT2D eigenvalue weighted by molar-refractivity contribution is 7.80. The van der Waals surface area contributed by atoms with Crippen molar-refractivity contribution in [1.82, 2.24) is 5.32 Å². The number of hydrogen-bond acceptors (Lipinski definition) is 5. The Hall–Kier alpha value is -1.99. The normalized spacial score (nSPS) is 9.91. The molecule has 1 rings (SSSR count). The van der Waals surface area contributed by atoms with Gasteiger partial charge in [-0.1, -0.05) is 17.7 Å². The van der Waals surface area contributed by atoms with Crippen LogP contribution in [-0.2, 0) is 19.1 Å². The standard InChI is InChI=1S/C15H20N2O4S/c1-11-3-5-12(6-4-11)16-15(22)17-13(18)7-8-14(19)21-10-9-20-2/h3-6H,7-10H2,1-2H3,(H2,16,17,18,22). The van der Waals surface area contributed by atoms with Gasteiger partial charge in [-0.05, 0) is 31.3 Å². The van der Waals surface area contributed by atoms with E-state index in [4.69, 9.17) is 21.7 Å². The third-order valence-corrected chi connectivity index (χ3v) is 2.87. The Morgan fingerprint density at radius 2 is 1.82 bits per heavy atom. The molecule has 7 heteroatoms. The number of esters is 1. The first-order valence-electron chi connectivity index (χ1n) is 6.83. The topological polar surface area (TPSA) is 76.7 Å². The summed E-state index contributed by atoms with van der Waals surface area (Å²) in [5.74, 6) is -0.780. The number of rotatable bonds is 7. The number of ether oxygens (including phenoxy) is 2. The largest absolute Gasteiger partial charge is 0.463 e. The van der Waals surface area contributed by atoms with Crippen molar-refractivity contribution in [2.75, 3.05) is 25.6 Å². The molecule has 6 nitrogen and oxygen atoms in total. The fourth-order valence-corrected chi connectivity index (χ4v) is 1.75. The third-order valence-electron chi connectivity index (χ3n) is 2.67. The molecule has 1 amide bonds. The van der Waals surface area contributed by atoms with Gasteiger partial charge in [0.1, 0.15) is 6.61 Å². The van der Waals surface area contributed by atoms with Crippen molar-refractivity contribution in [2.45, 2.75) is 19.8 Å². The van der Waals surface area contributed by atoms with E-state index in [-0.39, 0.29) is 30.5 Å². The van der Waals surface area contributed by atoms with Gasteiger partial charge < -0.3 is 20.1 Å². The molecule has 0 saturated heterocycles. The Morgan fingerprint density at radius 3 is 2.45 bits per heavy atom. The minimum absolute atomic E-state index is 0.00267. The van der Waals surface area contributed by atoms with Gasteiger partial charge in [-0.3, -0.25) is 9.59 Å². The molecule has 0 fully saturated rings. The second-order valence-electron chi connectivity index (χ2n) is 4.58. The van der Waals surface area contributed by atoms with Crippen LogP contribution in [0.25, 0.3) is 0 Å². The van der Waals surface area contributed by atoms with E-state index in [1.807, 2.05) is 31.2 Å². The Balaban J connectivity index is 2.25. The van der Waals surface area contributed by atoms with Crippen molar-refractivity contribution in [1.29, 1.82) is 0 Å². The number of anilines is 1. The number of hydrogen-bond donors (Lipinski definition) is 2. The first-order chi connectivity index (χ1) is 10.5. The average Bonchev–Trinajstić information content (AvgIpc) is 2.48. The SMILES string of the molecule is COCCOC(=O)CCC(=O)NC(=S)Nc1ccc(C)cc1. The minimum Gasteiger partial charge on any atom is -0.463 e. The van der Waals surface area contributed by atoms with Crippen LogP contribution in [0.15, 0.2) is 24.3 Å². The maximum atomic E-state index is 11.7. The summed E-state index contributed by atoms with van der Waals surface area (Å²) < 4.78 is 9.60. The summed E-state index contributed by atoms with van der Waals surface area (Å²) in [6.45, 7) is 2.50. The molecule has 2 N–H and O–H groups in total. The van der Waals surface area contributed by atoms with E-state index in [1.165, 1.54) is 7.11 Å². The summed E-state index contributed by atoms with van der Waals surface area (Å²) >= 11 is 5.03. The van der Waals surface area contributed by atoms with Crippen molar-refractivity contribution in [3.8, 4) is 0 Å². The van der Waals surface area contributed by atoms with Crippen molar-refractivity contribution in [3.05, 3.63) is 29.8 Å². The lowest BCUT2D eigenvalue weighted by atomic mass is 10.2. The van der Waals surface area contributed by atoms with E-state index >= 15 is 0 Å². The van der Waals surface area contributed by atoms with Crippen LogP contribution < -0.4 is 10.6 Å². The van der Waals surface area contributed by atoms with Crippen LogP contribution in [0.2, 0.25) is 0 Å². The fraction of sp³-hybridized carbons (Fsp3) is 0.400. The first-order valence-corrected chi connectivity index (χ1v) is 7.24. The van der Waals surface area contributed by atoms with Gasteiger partial charge in [0.25, 0.3) is 0 Å². The zero-order chi connectivity index (χ0) is 16.4. The molecule has 120 valence electrons. The summed E-state index contributed by atoms with van der Waals surface area (Å²) in [5.41, 5.74) is 1.92. The number of aryl methyl sites for hydroxylation is 1. The number of amides is 1. The molecule has 22 heavy (non-hydrogen) atoms. The Bertz CT molecular complexity index is 517. The monoisotopic (exact) mass is 324 g/mol. The minimum atomic E-state index is -0.440. The summed E-state index contributed by atoms with van der Waals surface area (Å²) in [5, 5.41) is 5.61. The van der Waals surface area contributed by atoms with Crippen LogP contribution in [0.4, 0.5) is 5.69 Å². The van der Waals surface area contributed by atoms with Crippen LogP contribution in [0.3, 0.4) is 0 Å². The molecule has 0 aromatic heterocycles. The molecule has 0 aliphatic rings. The van der Waals surface area contributed by atoms with Gasteiger partial charge in [-0.15, -0.1) is 0 Å². The van der Waals surface area contributed by atoms with Crippen LogP contribution in [0.5, 0.6) is 0 Å². The van der Waals surface area contributed by atoms with Gasteiger partial charge in [-0.25, -0.2) is 0 Å². The first kappa shape index (κ1) is 18.1. The van der Waals surface area contributed by atoms with E-state index in [1.54, 1.807) is 0 Å². The summed E-state index contributed by atoms with van der Waals surface area (Å²) in [7, 11) is 1.52. The lowest BCUT2D eigenvalue weighted by Crippen LogP contribution is -2.34. The van der Waals surface area contributed by atoms with Crippen molar-refractivity contribution in [2.24, 2.45) is 0 Å². The van der Waals surface area contributed by atoms with E-state index in [2.05, 4.69) is 10.6 Å². The molecule has 0 bridgehead atoms. The predicted octanol–water partition coefficient (Wildman–Crippen LogP) is 1.78. The van der Waals surface area contributed by atoms with Crippen LogP contribution in [0, 0.1) is 6.92 Å². The van der Waals surface area contributed by atoms with E-state index in [0.29, 0.717) is 6.61 Å². The average molecular weight is 324 g/mol. The zero-order valence-corrected chi connectivity index (χ0v) is 13.5. The molecule has 0 unspecified atom stereocenters. The zero-order valence-electron chi connectivity index (χ0n) is 12.7. The summed E-state index contributed by atoms with van der Waals surface area (Å²) in [6, 6.07) is 7.59. The van der Waals surface area contributed by atoms with Crippen LogP contribution in [-0.4, -0.2) is 37.3 Å². The molecule has 1 aromatic carbocycles. The number of carbonyl (C=O) groups is 2. The van der Waals surface area contributed by atoms with Gasteiger partial charge in [0.15, 0.2) is 5.11 Å². The number of benzene rings is 1. The van der Waals surface area contributed by atoms with Crippen LogP contribution in [0.1, 0.15) is 18.4 Å². The van der Waals surface area contributed by atoms with Crippen LogP contribution >= 0.6 is 12.2 Å². The quantitative estimate of drug-likeness (QED) is 0.452. The Morgan fingerprint density at radius 1 is 1.14 bits per heavy atom. The Labute approximate surface area is 135 Å². The highest BCUT2D eigenvalue weighted by Crippen LogP contribution is 2.08.